The number of hydrogen-bond donors (Lipinski definition) is 1. The largest absolute Gasteiger partial charge is 0.372 e. The lowest BCUT2D eigenvalue weighted by atomic mass is 9.97. The van der Waals surface area contributed by atoms with Gasteiger partial charge in [-0.15, -0.1) is 11.3 Å². The number of thiazole rings is 1. The van der Waals surface area contributed by atoms with Crippen molar-refractivity contribution in [3.8, 4) is 0 Å². The molecule has 1 amide bonds. The molecule has 1 aromatic carbocycles. The summed E-state index contributed by atoms with van der Waals surface area (Å²) in [5, 5.41) is 1.27. The highest BCUT2D eigenvalue weighted by molar-refractivity contribution is 7.18. The molecule has 6 heteroatoms. The van der Waals surface area contributed by atoms with Gasteiger partial charge in [0, 0.05) is 31.8 Å². The highest BCUT2D eigenvalue weighted by Crippen LogP contribution is 2.31. The van der Waals surface area contributed by atoms with Crippen molar-refractivity contribution < 1.29 is 14.4 Å². The molecular weight excluding hydrogens is 346 g/mol. The van der Waals surface area contributed by atoms with Crippen LogP contribution in [-0.2, 0) is 9.53 Å². The monoisotopic (exact) mass is 374 g/mol. The molecule has 1 N–H and O–H groups in total. The summed E-state index contributed by atoms with van der Waals surface area (Å²) in [6, 6.07) is 8.38. The number of carbonyl (C=O) groups excluding carboxylic acids is 1. The van der Waals surface area contributed by atoms with Crippen molar-refractivity contribution in [3.63, 3.8) is 0 Å². The molecule has 1 aromatic heterocycles. The lowest BCUT2D eigenvalue weighted by Crippen LogP contribution is -3.14. The van der Waals surface area contributed by atoms with E-state index in [1.807, 2.05) is 30.1 Å². The number of benzene rings is 1. The van der Waals surface area contributed by atoms with E-state index in [9.17, 15) is 4.79 Å². The van der Waals surface area contributed by atoms with Gasteiger partial charge in [0.1, 0.15) is 0 Å². The van der Waals surface area contributed by atoms with Crippen LogP contribution in [0.15, 0.2) is 24.3 Å². The average molecular weight is 375 g/mol. The number of fused-ring (bicyclic) bond motifs is 1. The van der Waals surface area contributed by atoms with Gasteiger partial charge in [-0.2, -0.15) is 0 Å². The SMILES string of the molecule is C[C@@H]1CN(C(=O)C[NH+]2CCC(c3nc4ccccc4s3)CC2)C[C@H](C)O1. The number of nitrogens with one attached hydrogen (secondary N) is 1. The van der Waals surface area contributed by atoms with Crippen LogP contribution in [0.1, 0.15) is 37.6 Å². The van der Waals surface area contributed by atoms with Gasteiger partial charge < -0.3 is 14.5 Å². The fourth-order valence-corrected chi connectivity index (χ4v) is 5.36. The summed E-state index contributed by atoms with van der Waals surface area (Å²) in [4.78, 5) is 20.9. The number of hydrogen-bond acceptors (Lipinski definition) is 4. The number of amides is 1. The molecule has 2 aromatic rings. The minimum atomic E-state index is 0.141. The molecule has 26 heavy (non-hydrogen) atoms. The molecule has 0 aliphatic carbocycles. The van der Waals surface area contributed by atoms with Crippen molar-refractivity contribution in [2.75, 3.05) is 32.7 Å². The second-order valence-corrected chi connectivity index (χ2v) is 8.84. The van der Waals surface area contributed by atoms with Gasteiger partial charge in [0.15, 0.2) is 6.54 Å². The smallest absolute Gasteiger partial charge is 0.277 e. The number of quaternary nitrogens is 1. The third-order valence-corrected chi connectivity index (χ3v) is 6.72. The minimum absolute atomic E-state index is 0.141. The molecule has 5 nitrogen and oxygen atoms in total. The Kier molecular flexibility index (Phi) is 5.25. The van der Waals surface area contributed by atoms with Gasteiger partial charge in [-0.25, -0.2) is 4.98 Å². The Morgan fingerprint density at radius 2 is 1.92 bits per heavy atom. The predicted octanol–water partition coefficient (Wildman–Crippen LogP) is 1.69. The number of ether oxygens (including phenoxy) is 1. The predicted molar refractivity (Wildman–Crippen MR) is 104 cm³/mol. The van der Waals surface area contributed by atoms with Crippen LogP contribution in [0.4, 0.5) is 0 Å². The first-order valence-electron chi connectivity index (χ1n) is 9.70. The maximum absolute atomic E-state index is 12.7. The van der Waals surface area contributed by atoms with Crippen molar-refractivity contribution in [3.05, 3.63) is 29.3 Å². The van der Waals surface area contributed by atoms with Crippen LogP contribution in [0.5, 0.6) is 0 Å². The van der Waals surface area contributed by atoms with Crippen molar-refractivity contribution in [2.45, 2.75) is 44.8 Å². The molecule has 2 aliphatic heterocycles. The Bertz CT molecular complexity index is 726. The van der Waals surface area contributed by atoms with Crippen LogP contribution in [0.25, 0.3) is 10.2 Å². The van der Waals surface area contributed by atoms with E-state index in [4.69, 9.17) is 9.72 Å². The molecule has 2 aliphatic rings. The van der Waals surface area contributed by atoms with Crippen LogP contribution in [0, 0.1) is 0 Å². The number of aromatic nitrogens is 1. The number of nitrogens with zero attached hydrogens (tertiary/aromatic N) is 2. The molecule has 0 spiro atoms. The van der Waals surface area contributed by atoms with Gasteiger partial charge in [-0.1, -0.05) is 12.1 Å². The summed E-state index contributed by atoms with van der Waals surface area (Å²) in [7, 11) is 0. The fraction of sp³-hybridized carbons (Fsp3) is 0.600. The third kappa shape index (κ3) is 3.92. The zero-order valence-corrected chi connectivity index (χ0v) is 16.4. The number of likely N-dealkylation sites (tertiary alicyclic amines) is 1. The van der Waals surface area contributed by atoms with Crippen molar-refractivity contribution in [2.24, 2.45) is 0 Å². The van der Waals surface area contributed by atoms with Crippen molar-refractivity contribution >= 4 is 27.5 Å². The second kappa shape index (κ2) is 7.62. The Hall–Kier alpha value is -1.50. The average Bonchev–Trinajstić information content (AvgIpc) is 3.05. The van der Waals surface area contributed by atoms with Gasteiger partial charge in [0.25, 0.3) is 5.91 Å². The zero-order valence-electron chi connectivity index (χ0n) is 15.6. The lowest BCUT2D eigenvalue weighted by molar-refractivity contribution is -0.897. The topological polar surface area (TPSA) is 46.9 Å². The first-order chi connectivity index (χ1) is 12.6. The standard InChI is InChI=1S/C20H27N3O2S/c1-14-11-23(12-15(2)25-14)19(24)13-22-9-7-16(8-10-22)20-21-17-5-3-4-6-18(17)26-20/h3-6,14-16H,7-13H2,1-2H3/p+1/t14-,15+. The van der Waals surface area contributed by atoms with E-state index >= 15 is 0 Å². The molecule has 0 unspecified atom stereocenters. The first kappa shape index (κ1) is 17.9. The number of piperidine rings is 1. The molecule has 4 rings (SSSR count). The van der Waals surface area contributed by atoms with Crippen molar-refractivity contribution in [1.29, 1.82) is 0 Å². The molecule has 140 valence electrons. The Morgan fingerprint density at radius 1 is 1.23 bits per heavy atom. The Labute approximate surface area is 159 Å². The maximum atomic E-state index is 12.7. The highest BCUT2D eigenvalue weighted by Gasteiger charge is 2.31. The zero-order chi connectivity index (χ0) is 18.1. The molecule has 2 atom stereocenters. The first-order valence-corrected chi connectivity index (χ1v) is 10.5. The number of carbonyl (C=O) groups is 1. The maximum Gasteiger partial charge on any atom is 0.277 e. The summed E-state index contributed by atoms with van der Waals surface area (Å²) < 4.78 is 7.02. The molecule has 0 saturated carbocycles. The number of rotatable bonds is 3. The summed E-state index contributed by atoms with van der Waals surface area (Å²) in [6.45, 7) is 8.28. The molecule has 2 saturated heterocycles. The molecule has 0 bridgehead atoms. The van der Waals surface area contributed by atoms with Gasteiger partial charge in [0.2, 0.25) is 0 Å². The Morgan fingerprint density at radius 3 is 2.62 bits per heavy atom. The van der Waals surface area contributed by atoms with E-state index in [2.05, 4.69) is 24.3 Å². The summed E-state index contributed by atoms with van der Waals surface area (Å²) in [5.41, 5.74) is 1.12. The van der Waals surface area contributed by atoms with E-state index in [0.29, 0.717) is 12.5 Å². The van der Waals surface area contributed by atoms with Crippen LogP contribution in [0.3, 0.4) is 0 Å². The summed E-state index contributed by atoms with van der Waals surface area (Å²) in [5.74, 6) is 0.829. The molecule has 3 heterocycles. The van der Waals surface area contributed by atoms with E-state index < -0.39 is 0 Å². The van der Waals surface area contributed by atoms with E-state index in [1.54, 1.807) is 0 Å². The van der Waals surface area contributed by atoms with E-state index in [-0.39, 0.29) is 18.1 Å². The second-order valence-electron chi connectivity index (χ2n) is 7.78. The summed E-state index contributed by atoms with van der Waals surface area (Å²) in [6.07, 6.45) is 2.53. The summed E-state index contributed by atoms with van der Waals surface area (Å²) >= 11 is 1.83. The van der Waals surface area contributed by atoms with Crippen LogP contribution >= 0.6 is 11.3 Å². The van der Waals surface area contributed by atoms with Crippen LogP contribution in [0.2, 0.25) is 0 Å². The third-order valence-electron chi connectivity index (χ3n) is 5.53. The van der Waals surface area contributed by atoms with Gasteiger partial charge >= 0.3 is 0 Å². The fourth-order valence-electron chi connectivity index (χ4n) is 4.22. The molecule has 2 fully saturated rings. The Balaban J connectivity index is 1.31. The quantitative estimate of drug-likeness (QED) is 0.889. The van der Waals surface area contributed by atoms with Crippen LogP contribution < -0.4 is 4.90 Å². The van der Waals surface area contributed by atoms with E-state index in [0.717, 1.165) is 44.5 Å². The van der Waals surface area contributed by atoms with Gasteiger partial charge in [-0.05, 0) is 26.0 Å². The molecular formula is C20H28N3O2S+. The normalized spacial score (nSPS) is 29.8. The minimum Gasteiger partial charge on any atom is -0.372 e. The van der Waals surface area contributed by atoms with Crippen LogP contribution in [-0.4, -0.2) is 60.7 Å². The number of morpholine rings is 1. The number of para-hydroxylation sites is 1. The van der Waals surface area contributed by atoms with Gasteiger partial charge in [-0.3, -0.25) is 4.79 Å². The lowest BCUT2D eigenvalue weighted by Gasteiger charge is -2.36. The van der Waals surface area contributed by atoms with E-state index in [1.165, 1.54) is 14.6 Å². The highest BCUT2D eigenvalue weighted by atomic mass is 32.1. The van der Waals surface area contributed by atoms with Gasteiger partial charge in [0.05, 0.1) is 40.5 Å². The van der Waals surface area contributed by atoms with Crippen molar-refractivity contribution in [1.82, 2.24) is 9.88 Å². The molecule has 0 radical (unpaired) electrons.